The number of fused-ring (bicyclic) bond motifs is 1. The fourth-order valence-corrected chi connectivity index (χ4v) is 3.13. The highest BCUT2D eigenvalue weighted by Gasteiger charge is 2.10. The van der Waals surface area contributed by atoms with Crippen LogP contribution in [0.1, 0.15) is 11.5 Å². The smallest absolute Gasteiger partial charge is 0.246 e. The SMILES string of the molecule is CN=C(NCc1nc(-c2cccc(Cl)c2)no1)NCc1ccnc2ccccc12. The first-order valence-electron chi connectivity index (χ1n) is 9.08. The van der Waals surface area contributed by atoms with Crippen LogP contribution in [0.2, 0.25) is 5.02 Å². The van der Waals surface area contributed by atoms with Crippen molar-refractivity contribution >= 4 is 28.5 Å². The van der Waals surface area contributed by atoms with Crippen molar-refractivity contribution in [2.75, 3.05) is 7.05 Å². The number of rotatable bonds is 5. The van der Waals surface area contributed by atoms with Crippen molar-refractivity contribution in [3.8, 4) is 11.4 Å². The molecule has 0 spiro atoms. The Kier molecular flexibility index (Phi) is 5.67. The minimum atomic E-state index is 0.352. The van der Waals surface area contributed by atoms with Gasteiger partial charge in [-0.1, -0.05) is 47.1 Å². The number of hydrogen-bond donors (Lipinski definition) is 2. The highest BCUT2D eigenvalue weighted by molar-refractivity contribution is 6.30. The topological polar surface area (TPSA) is 88.2 Å². The molecule has 0 fully saturated rings. The van der Waals surface area contributed by atoms with Crippen molar-refractivity contribution in [3.05, 3.63) is 77.3 Å². The number of pyridine rings is 1. The van der Waals surface area contributed by atoms with Crippen LogP contribution < -0.4 is 10.6 Å². The fourth-order valence-electron chi connectivity index (χ4n) is 2.94. The van der Waals surface area contributed by atoms with E-state index in [1.165, 1.54) is 0 Å². The van der Waals surface area contributed by atoms with Gasteiger partial charge in [0, 0.05) is 35.8 Å². The lowest BCUT2D eigenvalue weighted by Crippen LogP contribution is -2.36. The maximum atomic E-state index is 6.02. The third-order valence-corrected chi connectivity index (χ3v) is 4.60. The van der Waals surface area contributed by atoms with Crippen molar-refractivity contribution in [3.63, 3.8) is 0 Å². The molecule has 0 radical (unpaired) electrons. The molecule has 8 heteroatoms. The van der Waals surface area contributed by atoms with Crippen LogP contribution in [-0.4, -0.2) is 28.1 Å². The Bertz CT molecular complexity index is 1150. The molecule has 0 saturated heterocycles. The Balaban J connectivity index is 1.38. The Labute approximate surface area is 172 Å². The summed E-state index contributed by atoms with van der Waals surface area (Å²) in [6.07, 6.45) is 1.81. The van der Waals surface area contributed by atoms with Crippen molar-refractivity contribution in [1.29, 1.82) is 0 Å². The van der Waals surface area contributed by atoms with Gasteiger partial charge < -0.3 is 15.2 Å². The van der Waals surface area contributed by atoms with Crippen molar-refractivity contribution in [1.82, 2.24) is 25.8 Å². The molecule has 0 amide bonds. The highest BCUT2D eigenvalue weighted by atomic mass is 35.5. The molecule has 0 atom stereocenters. The zero-order valence-electron chi connectivity index (χ0n) is 15.8. The molecule has 146 valence electrons. The van der Waals surface area contributed by atoms with E-state index in [4.69, 9.17) is 16.1 Å². The molecule has 2 N–H and O–H groups in total. The average molecular weight is 407 g/mol. The maximum absolute atomic E-state index is 6.02. The lowest BCUT2D eigenvalue weighted by atomic mass is 10.1. The number of halogens is 1. The molecule has 0 aliphatic rings. The number of hydrogen-bond acceptors (Lipinski definition) is 5. The molecule has 7 nitrogen and oxygen atoms in total. The second kappa shape index (κ2) is 8.70. The van der Waals surface area contributed by atoms with Crippen LogP contribution in [0.25, 0.3) is 22.3 Å². The lowest BCUT2D eigenvalue weighted by molar-refractivity contribution is 0.375. The summed E-state index contributed by atoms with van der Waals surface area (Å²) >= 11 is 6.02. The summed E-state index contributed by atoms with van der Waals surface area (Å²) in [4.78, 5) is 13.0. The van der Waals surface area contributed by atoms with Crippen molar-refractivity contribution in [2.24, 2.45) is 4.99 Å². The summed E-state index contributed by atoms with van der Waals surface area (Å²) in [6, 6.07) is 17.4. The monoisotopic (exact) mass is 406 g/mol. The molecule has 4 aromatic rings. The minimum Gasteiger partial charge on any atom is -0.352 e. The van der Waals surface area contributed by atoms with E-state index in [0.29, 0.717) is 35.8 Å². The molecule has 2 heterocycles. The minimum absolute atomic E-state index is 0.352. The van der Waals surface area contributed by atoms with Crippen LogP contribution in [0.4, 0.5) is 0 Å². The maximum Gasteiger partial charge on any atom is 0.246 e. The Morgan fingerprint density at radius 2 is 1.93 bits per heavy atom. The summed E-state index contributed by atoms with van der Waals surface area (Å²) in [5, 5.41) is 12.2. The quantitative estimate of drug-likeness (QED) is 0.387. The largest absolute Gasteiger partial charge is 0.352 e. The van der Waals surface area contributed by atoms with E-state index < -0.39 is 0 Å². The normalized spacial score (nSPS) is 11.6. The van der Waals surface area contributed by atoms with Gasteiger partial charge in [0.25, 0.3) is 0 Å². The number of aliphatic imine (C=N–C) groups is 1. The van der Waals surface area contributed by atoms with Gasteiger partial charge in [-0.05, 0) is 29.8 Å². The van der Waals surface area contributed by atoms with E-state index in [2.05, 4.69) is 36.8 Å². The molecule has 0 aliphatic carbocycles. The molecule has 0 bridgehead atoms. The number of aromatic nitrogens is 3. The summed E-state index contributed by atoms with van der Waals surface area (Å²) in [7, 11) is 1.71. The first kappa shape index (κ1) is 18.9. The van der Waals surface area contributed by atoms with Crippen LogP contribution in [-0.2, 0) is 13.1 Å². The number of para-hydroxylation sites is 1. The lowest BCUT2D eigenvalue weighted by Gasteiger charge is -2.11. The molecule has 2 aromatic heterocycles. The van der Waals surface area contributed by atoms with Gasteiger partial charge >= 0.3 is 0 Å². The summed E-state index contributed by atoms with van der Waals surface area (Å²) in [5.74, 6) is 1.58. The summed E-state index contributed by atoms with van der Waals surface area (Å²) in [5.41, 5.74) is 2.91. The fraction of sp³-hybridized carbons (Fsp3) is 0.143. The molecule has 0 unspecified atom stereocenters. The Morgan fingerprint density at radius 1 is 1.07 bits per heavy atom. The summed E-state index contributed by atoms with van der Waals surface area (Å²) in [6.45, 7) is 0.963. The summed E-state index contributed by atoms with van der Waals surface area (Å²) < 4.78 is 5.32. The number of benzene rings is 2. The highest BCUT2D eigenvalue weighted by Crippen LogP contribution is 2.20. The zero-order chi connectivity index (χ0) is 20.1. The van der Waals surface area contributed by atoms with Crippen LogP contribution >= 0.6 is 11.6 Å². The standard InChI is InChI=1S/C21H19ClN6O/c1-23-21(25-12-15-9-10-24-18-8-3-2-7-17(15)18)26-13-19-27-20(28-29-19)14-5-4-6-16(22)11-14/h2-11H,12-13H2,1H3,(H2,23,25,26). The van der Waals surface area contributed by atoms with Gasteiger partial charge in [-0.3, -0.25) is 9.98 Å². The average Bonchev–Trinajstić information content (AvgIpc) is 3.23. The van der Waals surface area contributed by atoms with E-state index in [9.17, 15) is 0 Å². The van der Waals surface area contributed by atoms with Crippen LogP contribution in [0.3, 0.4) is 0 Å². The molecular weight excluding hydrogens is 388 g/mol. The van der Waals surface area contributed by atoms with Crippen molar-refractivity contribution in [2.45, 2.75) is 13.1 Å². The van der Waals surface area contributed by atoms with E-state index in [1.54, 1.807) is 19.2 Å². The predicted molar refractivity (Wildman–Crippen MR) is 114 cm³/mol. The molecule has 0 aliphatic heterocycles. The van der Waals surface area contributed by atoms with Crippen molar-refractivity contribution < 1.29 is 4.52 Å². The molecule has 29 heavy (non-hydrogen) atoms. The Hall–Kier alpha value is -3.45. The predicted octanol–water partition coefficient (Wildman–Crippen LogP) is 3.80. The van der Waals surface area contributed by atoms with Crippen LogP contribution in [0.15, 0.2) is 70.3 Å². The molecular formula is C21H19ClN6O. The van der Waals surface area contributed by atoms with E-state index in [-0.39, 0.29) is 0 Å². The van der Waals surface area contributed by atoms with Gasteiger partial charge in [-0.2, -0.15) is 4.98 Å². The first-order chi connectivity index (χ1) is 14.2. The van der Waals surface area contributed by atoms with Gasteiger partial charge in [0.2, 0.25) is 11.7 Å². The van der Waals surface area contributed by atoms with Gasteiger partial charge in [-0.25, -0.2) is 0 Å². The number of nitrogens with one attached hydrogen (secondary N) is 2. The van der Waals surface area contributed by atoms with Gasteiger partial charge in [0.1, 0.15) is 0 Å². The second-order valence-electron chi connectivity index (χ2n) is 6.29. The molecule has 2 aromatic carbocycles. The van der Waals surface area contributed by atoms with Crippen LogP contribution in [0, 0.1) is 0 Å². The first-order valence-corrected chi connectivity index (χ1v) is 9.46. The second-order valence-corrected chi connectivity index (χ2v) is 6.73. The van der Waals surface area contributed by atoms with E-state index in [0.717, 1.165) is 22.0 Å². The van der Waals surface area contributed by atoms with Crippen LogP contribution in [0.5, 0.6) is 0 Å². The van der Waals surface area contributed by atoms with E-state index >= 15 is 0 Å². The third kappa shape index (κ3) is 4.52. The zero-order valence-corrected chi connectivity index (χ0v) is 16.5. The van der Waals surface area contributed by atoms with Gasteiger partial charge in [-0.15, -0.1) is 0 Å². The molecule has 4 rings (SSSR count). The Morgan fingerprint density at radius 3 is 2.79 bits per heavy atom. The number of nitrogens with zero attached hydrogens (tertiary/aromatic N) is 4. The van der Waals surface area contributed by atoms with Gasteiger partial charge in [0.05, 0.1) is 12.1 Å². The molecule has 0 saturated carbocycles. The number of guanidine groups is 1. The third-order valence-electron chi connectivity index (χ3n) is 4.37. The van der Waals surface area contributed by atoms with Gasteiger partial charge in [0.15, 0.2) is 5.96 Å². The van der Waals surface area contributed by atoms with E-state index in [1.807, 2.05) is 42.6 Å².